The molecule has 0 aromatic heterocycles. The van der Waals surface area contributed by atoms with Crippen LogP contribution in [0, 0.1) is 0 Å². The van der Waals surface area contributed by atoms with Gasteiger partial charge in [-0.25, -0.2) is 28.8 Å². The summed E-state index contributed by atoms with van der Waals surface area (Å²) in [6, 6.07) is 39.7. The number of benzene rings is 5. The number of carbonyl (C=O) groups excluding carboxylic acids is 6. The van der Waals surface area contributed by atoms with Crippen LogP contribution in [-0.4, -0.2) is 82.1 Å². The number of hydrogen-bond acceptors (Lipinski definition) is 13. The maximum Gasteiger partial charge on any atom is 0.338 e. The van der Waals surface area contributed by atoms with Crippen molar-refractivity contribution in [2.45, 2.75) is 116 Å². The Morgan fingerprint density at radius 1 is 0.280 bits per heavy atom. The SMILES string of the molecule is C=CC(=O)OCCCCCCCCCCOC(=O)c1ccc(-c2ccc(OCCCCCCCOC(=O)C=C)cc2)cc1.C=CC(=O)OCCCCCc1ccc(-c2ccc(-c3ccc(C(=O)OCCCOC(=O)C=C)cc3)cc2)cc1. The van der Waals surface area contributed by atoms with Gasteiger partial charge in [0.25, 0.3) is 0 Å². The lowest BCUT2D eigenvalue weighted by atomic mass is 9.98. The molecule has 0 fully saturated rings. The summed E-state index contributed by atoms with van der Waals surface area (Å²) in [7, 11) is 0. The molecule has 0 aliphatic carbocycles. The average Bonchev–Trinajstić information content (AvgIpc) is 3.54. The lowest BCUT2D eigenvalue weighted by molar-refractivity contribution is -0.138. The molecule has 0 atom stereocenters. The maximum atomic E-state index is 12.4. The molecule has 436 valence electrons. The zero-order chi connectivity index (χ0) is 58.8. The Balaban J connectivity index is 0.000000354. The second-order valence-corrected chi connectivity index (χ2v) is 19.3. The molecule has 5 aromatic rings. The fourth-order valence-corrected chi connectivity index (χ4v) is 8.34. The van der Waals surface area contributed by atoms with E-state index in [2.05, 4.69) is 74.8 Å². The van der Waals surface area contributed by atoms with Gasteiger partial charge in [0.05, 0.1) is 57.4 Å². The van der Waals surface area contributed by atoms with Gasteiger partial charge in [0, 0.05) is 30.7 Å². The Labute approximate surface area is 485 Å². The van der Waals surface area contributed by atoms with Crippen LogP contribution >= 0.6 is 0 Å². The minimum atomic E-state index is -0.492. The Bertz CT molecular complexity index is 2710. The molecular weight excluding hydrogens is 1040 g/mol. The second-order valence-electron chi connectivity index (χ2n) is 19.3. The highest BCUT2D eigenvalue weighted by Gasteiger charge is 2.11. The first-order chi connectivity index (χ1) is 40.0. The molecule has 0 N–H and O–H groups in total. The van der Waals surface area contributed by atoms with Crippen LogP contribution in [-0.2, 0) is 54.0 Å². The van der Waals surface area contributed by atoms with E-state index in [1.807, 2.05) is 60.7 Å². The third kappa shape index (κ3) is 27.7. The smallest absolute Gasteiger partial charge is 0.338 e. The lowest BCUT2D eigenvalue weighted by Crippen LogP contribution is -2.09. The topological polar surface area (TPSA) is 167 Å². The van der Waals surface area contributed by atoms with Crippen molar-refractivity contribution in [1.29, 1.82) is 0 Å². The van der Waals surface area contributed by atoms with Gasteiger partial charge in [0.2, 0.25) is 0 Å². The third-order valence-corrected chi connectivity index (χ3v) is 13.0. The van der Waals surface area contributed by atoms with Gasteiger partial charge in [0.15, 0.2) is 0 Å². The Hall–Kier alpha value is -8.32. The van der Waals surface area contributed by atoms with Crippen LogP contribution < -0.4 is 4.74 Å². The van der Waals surface area contributed by atoms with Crippen LogP contribution in [0.2, 0.25) is 0 Å². The highest BCUT2D eigenvalue weighted by atomic mass is 16.6. The summed E-state index contributed by atoms with van der Waals surface area (Å²) in [4.78, 5) is 68.6. The average molecular weight is 1120 g/mol. The second kappa shape index (κ2) is 40.8. The van der Waals surface area contributed by atoms with E-state index in [0.717, 1.165) is 154 Å². The molecule has 5 rings (SSSR count). The Morgan fingerprint density at radius 3 is 0.890 bits per heavy atom. The number of hydrogen-bond donors (Lipinski definition) is 0. The van der Waals surface area contributed by atoms with Crippen molar-refractivity contribution in [1.82, 2.24) is 0 Å². The van der Waals surface area contributed by atoms with Crippen molar-refractivity contribution in [3.05, 3.63) is 189 Å². The van der Waals surface area contributed by atoms with E-state index in [0.29, 0.717) is 50.6 Å². The molecule has 0 saturated heterocycles. The van der Waals surface area contributed by atoms with Crippen molar-refractivity contribution >= 4 is 35.8 Å². The van der Waals surface area contributed by atoms with Crippen LogP contribution in [0.3, 0.4) is 0 Å². The molecular formula is C69H82O13. The lowest BCUT2D eigenvalue weighted by Gasteiger charge is -2.09. The molecule has 0 bridgehead atoms. The first kappa shape index (κ1) is 66.2. The third-order valence-electron chi connectivity index (χ3n) is 13.0. The Morgan fingerprint density at radius 2 is 0.537 bits per heavy atom. The zero-order valence-electron chi connectivity index (χ0n) is 47.7. The number of esters is 6. The van der Waals surface area contributed by atoms with Gasteiger partial charge in [-0.3, -0.25) is 0 Å². The highest BCUT2D eigenvalue weighted by molar-refractivity contribution is 5.91. The molecule has 0 amide bonds. The molecule has 0 heterocycles. The fourth-order valence-electron chi connectivity index (χ4n) is 8.34. The van der Waals surface area contributed by atoms with E-state index in [9.17, 15) is 28.8 Å². The maximum absolute atomic E-state index is 12.4. The monoisotopic (exact) mass is 1120 g/mol. The number of rotatable bonds is 39. The van der Waals surface area contributed by atoms with Gasteiger partial charge >= 0.3 is 35.8 Å². The molecule has 13 heteroatoms. The van der Waals surface area contributed by atoms with Crippen LogP contribution in [0.15, 0.2) is 172 Å². The molecule has 0 saturated carbocycles. The van der Waals surface area contributed by atoms with Gasteiger partial charge in [-0.1, -0.05) is 169 Å². The number of carbonyl (C=O) groups is 6. The molecule has 0 aliphatic heterocycles. The van der Waals surface area contributed by atoms with Crippen molar-refractivity contribution in [2.75, 3.05) is 46.2 Å². The molecule has 0 unspecified atom stereocenters. The van der Waals surface area contributed by atoms with Crippen LogP contribution in [0.4, 0.5) is 0 Å². The highest BCUT2D eigenvalue weighted by Crippen LogP contribution is 2.27. The van der Waals surface area contributed by atoms with Gasteiger partial charge in [-0.2, -0.15) is 0 Å². The van der Waals surface area contributed by atoms with Gasteiger partial charge in [0.1, 0.15) is 5.75 Å². The van der Waals surface area contributed by atoms with Crippen molar-refractivity contribution < 1.29 is 61.9 Å². The summed E-state index contributed by atoms with van der Waals surface area (Å²) in [5.41, 5.74) is 8.73. The summed E-state index contributed by atoms with van der Waals surface area (Å²) >= 11 is 0. The quantitative estimate of drug-likeness (QED) is 0.0158. The van der Waals surface area contributed by atoms with E-state index in [1.165, 1.54) is 23.8 Å². The van der Waals surface area contributed by atoms with E-state index in [1.54, 1.807) is 12.1 Å². The number of ether oxygens (including phenoxy) is 7. The minimum absolute atomic E-state index is 0.169. The van der Waals surface area contributed by atoms with Gasteiger partial charge in [-0.05, 0) is 127 Å². The predicted molar refractivity (Wildman–Crippen MR) is 322 cm³/mol. The van der Waals surface area contributed by atoms with Crippen molar-refractivity contribution in [3.63, 3.8) is 0 Å². The van der Waals surface area contributed by atoms with E-state index < -0.39 is 11.9 Å². The van der Waals surface area contributed by atoms with Gasteiger partial charge in [-0.15, -0.1) is 0 Å². The summed E-state index contributed by atoms with van der Waals surface area (Å²) in [5.74, 6) is -1.44. The van der Waals surface area contributed by atoms with Crippen molar-refractivity contribution in [2.24, 2.45) is 0 Å². The minimum Gasteiger partial charge on any atom is -0.494 e. The van der Waals surface area contributed by atoms with Crippen LogP contribution in [0.1, 0.15) is 135 Å². The molecule has 0 radical (unpaired) electrons. The summed E-state index contributed by atoms with van der Waals surface area (Å²) in [6.07, 6.45) is 22.4. The van der Waals surface area contributed by atoms with E-state index in [-0.39, 0.29) is 37.1 Å². The molecule has 5 aromatic carbocycles. The standard InChI is InChI=1S/C36H48O7.C33H34O6/c1-3-34(37)41-27-15-10-7-5-6-8-11-17-29-43-36(39)32-20-18-30(19-21-32)31-22-24-33(25-23-31)40-26-14-12-9-13-16-28-42-35(38)4-2;1-3-31(34)37-22-7-5-6-9-25-10-12-26(13-11-25)27-14-16-28(17-15-27)29-18-20-30(21-19-29)33(36)39-24-8-23-38-32(35)4-2/h3-4,18-25H,1-2,5-17,26-29H2;3-4,10-21H,1-2,5-9,22-24H2. The summed E-state index contributed by atoms with van der Waals surface area (Å²) in [5, 5.41) is 0. The normalized spacial score (nSPS) is 10.4. The van der Waals surface area contributed by atoms with Gasteiger partial charge < -0.3 is 33.2 Å². The number of aryl methyl sites for hydroxylation is 1. The summed E-state index contributed by atoms with van der Waals surface area (Å²) in [6.45, 7) is 16.3. The van der Waals surface area contributed by atoms with Crippen molar-refractivity contribution in [3.8, 4) is 39.1 Å². The molecule has 13 nitrogen and oxygen atoms in total. The molecule has 82 heavy (non-hydrogen) atoms. The summed E-state index contributed by atoms with van der Waals surface area (Å²) < 4.78 is 36.3. The van der Waals surface area contributed by atoms with E-state index >= 15 is 0 Å². The Kier molecular flexibility index (Phi) is 32.9. The molecule has 0 spiro atoms. The first-order valence-corrected chi connectivity index (χ1v) is 28.7. The van der Waals surface area contributed by atoms with E-state index in [4.69, 9.17) is 33.2 Å². The number of unbranched alkanes of at least 4 members (excludes halogenated alkanes) is 13. The first-order valence-electron chi connectivity index (χ1n) is 28.7. The predicted octanol–water partition coefficient (Wildman–Crippen LogP) is 15.2. The zero-order valence-corrected chi connectivity index (χ0v) is 47.7. The fraction of sp³-hybridized carbons (Fsp3) is 0.362. The van der Waals surface area contributed by atoms with Crippen LogP contribution in [0.25, 0.3) is 33.4 Å². The largest absolute Gasteiger partial charge is 0.494 e. The van der Waals surface area contributed by atoms with Crippen LogP contribution in [0.5, 0.6) is 5.75 Å². The molecule has 0 aliphatic rings.